The van der Waals surface area contributed by atoms with Crippen molar-refractivity contribution in [2.45, 2.75) is 13.1 Å². The lowest BCUT2D eigenvalue weighted by Gasteiger charge is -2.14. The Kier molecular flexibility index (Phi) is 4.97. The third-order valence-corrected chi connectivity index (χ3v) is 4.63. The lowest BCUT2D eigenvalue weighted by Crippen LogP contribution is -2.41. The highest BCUT2D eigenvalue weighted by atomic mass is 79.9. The zero-order valence-corrected chi connectivity index (χ0v) is 15.4. The minimum atomic E-state index is -1.27. The molecule has 1 aromatic heterocycles. The average molecular weight is 442 g/mol. The monoisotopic (exact) mass is 440 g/mol. The summed E-state index contributed by atoms with van der Waals surface area (Å²) in [5.74, 6) is -1.87. The van der Waals surface area contributed by atoms with E-state index in [-0.39, 0.29) is 28.0 Å². The molecule has 0 aliphatic heterocycles. The molecule has 0 amide bonds. The van der Waals surface area contributed by atoms with Gasteiger partial charge in [-0.2, -0.15) is 0 Å². The first-order chi connectivity index (χ1) is 12.3. The Labute approximate surface area is 159 Å². The minimum Gasteiger partial charge on any atom is -0.480 e. The summed E-state index contributed by atoms with van der Waals surface area (Å²) in [4.78, 5) is 36.6. The highest BCUT2D eigenvalue weighted by Crippen LogP contribution is 2.20. The number of benzene rings is 2. The van der Waals surface area contributed by atoms with Crippen molar-refractivity contribution in [2.75, 3.05) is 0 Å². The van der Waals surface area contributed by atoms with E-state index in [0.717, 1.165) is 9.13 Å². The second-order valence-electron chi connectivity index (χ2n) is 5.53. The third-order valence-electron chi connectivity index (χ3n) is 3.83. The van der Waals surface area contributed by atoms with E-state index in [4.69, 9.17) is 16.7 Å². The summed E-state index contributed by atoms with van der Waals surface area (Å²) >= 11 is 9.21. The maximum Gasteiger partial charge on any atom is 0.332 e. The van der Waals surface area contributed by atoms with Crippen molar-refractivity contribution in [3.8, 4) is 0 Å². The Morgan fingerprint density at radius 3 is 2.58 bits per heavy atom. The van der Waals surface area contributed by atoms with E-state index in [0.29, 0.717) is 4.47 Å². The molecule has 3 rings (SSSR count). The number of rotatable bonds is 4. The first-order valence-corrected chi connectivity index (χ1v) is 8.54. The molecule has 0 aliphatic rings. The van der Waals surface area contributed by atoms with Crippen molar-refractivity contribution in [3.05, 3.63) is 78.1 Å². The standard InChI is InChI=1S/C17H11BrClFN2O4/c18-10-5-4-9(13(20)6-10)7-22-16(25)11-2-1-3-12(19)15(11)21(17(22)26)8-14(23)24/h1-6H,7-8H2,(H,23,24). The first-order valence-electron chi connectivity index (χ1n) is 7.37. The van der Waals surface area contributed by atoms with Crippen molar-refractivity contribution in [1.82, 2.24) is 9.13 Å². The summed E-state index contributed by atoms with van der Waals surface area (Å²) in [7, 11) is 0. The second kappa shape index (κ2) is 7.05. The fourth-order valence-corrected chi connectivity index (χ4v) is 3.29. The smallest absolute Gasteiger partial charge is 0.332 e. The van der Waals surface area contributed by atoms with E-state index in [2.05, 4.69) is 15.9 Å². The number of para-hydroxylation sites is 1. The van der Waals surface area contributed by atoms with Gasteiger partial charge in [0.25, 0.3) is 5.56 Å². The van der Waals surface area contributed by atoms with E-state index in [9.17, 15) is 18.8 Å². The molecule has 0 bridgehead atoms. The van der Waals surface area contributed by atoms with Crippen molar-refractivity contribution in [1.29, 1.82) is 0 Å². The van der Waals surface area contributed by atoms with Crippen LogP contribution < -0.4 is 11.2 Å². The van der Waals surface area contributed by atoms with Crippen LogP contribution in [0.2, 0.25) is 5.02 Å². The van der Waals surface area contributed by atoms with Gasteiger partial charge in [-0.15, -0.1) is 0 Å². The highest BCUT2D eigenvalue weighted by Gasteiger charge is 2.18. The SMILES string of the molecule is O=C(O)Cn1c(=O)n(Cc2ccc(Br)cc2F)c(=O)c2cccc(Cl)c21. The van der Waals surface area contributed by atoms with Crippen LogP contribution in [0.3, 0.4) is 0 Å². The van der Waals surface area contributed by atoms with Crippen LogP contribution in [0.1, 0.15) is 5.56 Å². The Hall–Kier alpha value is -2.45. The number of fused-ring (bicyclic) bond motifs is 1. The van der Waals surface area contributed by atoms with Crippen LogP contribution in [0.25, 0.3) is 10.9 Å². The van der Waals surface area contributed by atoms with Crippen LogP contribution in [0.5, 0.6) is 0 Å². The van der Waals surface area contributed by atoms with Crippen molar-refractivity contribution in [2.24, 2.45) is 0 Å². The van der Waals surface area contributed by atoms with Crippen LogP contribution >= 0.6 is 27.5 Å². The van der Waals surface area contributed by atoms with Gasteiger partial charge >= 0.3 is 11.7 Å². The summed E-state index contributed by atoms with van der Waals surface area (Å²) < 4.78 is 16.3. The molecule has 0 unspecified atom stereocenters. The summed E-state index contributed by atoms with van der Waals surface area (Å²) in [6.45, 7) is -1.01. The number of aromatic nitrogens is 2. The quantitative estimate of drug-likeness (QED) is 0.675. The predicted octanol–water partition coefficient (Wildman–Crippen LogP) is 2.85. The molecule has 6 nitrogen and oxygen atoms in total. The van der Waals surface area contributed by atoms with E-state index >= 15 is 0 Å². The molecule has 3 aromatic rings. The molecule has 0 saturated carbocycles. The van der Waals surface area contributed by atoms with Crippen molar-refractivity contribution < 1.29 is 14.3 Å². The number of hydrogen-bond donors (Lipinski definition) is 1. The van der Waals surface area contributed by atoms with Crippen molar-refractivity contribution >= 4 is 44.4 Å². The van der Waals surface area contributed by atoms with E-state index in [1.807, 2.05) is 0 Å². The number of aliphatic carboxylic acids is 1. The molecule has 2 aromatic carbocycles. The lowest BCUT2D eigenvalue weighted by atomic mass is 10.2. The average Bonchev–Trinajstić information content (AvgIpc) is 2.57. The maximum atomic E-state index is 14.1. The van der Waals surface area contributed by atoms with Crippen LogP contribution in [0.4, 0.5) is 4.39 Å². The molecule has 0 fully saturated rings. The molecule has 26 heavy (non-hydrogen) atoms. The zero-order chi connectivity index (χ0) is 19.0. The largest absolute Gasteiger partial charge is 0.480 e. The molecule has 0 spiro atoms. The number of carboxylic acid groups (broad SMARTS) is 1. The van der Waals surface area contributed by atoms with E-state index in [1.54, 1.807) is 6.07 Å². The Bertz CT molecular complexity index is 1160. The summed E-state index contributed by atoms with van der Waals surface area (Å²) in [6.07, 6.45) is 0. The highest BCUT2D eigenvalue weighted by molar-refractivity contribution is 9.10. The normalized spacial score (nSPS) is 11.0. The molecule has 0 atom stereocenters. The van der Waals surface area contributed by atoms with Crippen LogP contribution in [-0.4, -0.2) is 20.2 Å². The van der Waals surface area contributed by atoms with Crippen LogP contribution in [0, 0.1) is 5.82 Å². The molecule has 134 valence electrons. The van der Waals surface area contributed by atoms with Gasteiger partial charge in [-0.25, -0.2) is 9.18 Å². The predicted molar refractivity (Wildman–Crippen MR) is 98.3 cm³/mol. The number of halogens is 3. The second-order valence-corrected chi connectivity index (χ2v) is 6.85. The fraction of sp³-hybridized carbons (Fsp3) is 0.118. The topological polar surface area (TPSA) is 81.3 Å². The lowest BCUT2D eigenvalue weighted by molar-refractivity contribution is -0.137. The summed E-state index contributed by atoms with van der Waals surface area (Å²) in [6, 6.07) is 8.65. The van der Waals surface area contributed by atoms with Gasteiger partial charge in [0.1, 0.15) is 12.4 Å². The molecule has 0 saturated heterocycles. The molecule has 1 heterocycles. The molecule has 9 heteroatoms. The number of carboxylic acids is 1. The van der Waals surface area contributed by atoms with Gasteiger partial charge in [0.15, 0.2) is 0 Å². The first kappa shape index (κ1) is 18.3. The van der Waals surface area contributed by atoms with Gasteiger partial charge < -0.3 is 5.11 Å². The van der Waals surface area contributed by atoms with Gasteiger partial charge in [-0.3, -0.25) is 18.7 Å². The Morgan fingerprint density at radius 2 is 1.92 bits per heavy atom. The van der Waals surface area contributed by atoms with Gasteiger partial charge in [-0.05, 0) is 24.3 Å². The van der Waals surface area contributed by atoms with Gasteiger partial charge in [0, 0.05) is 10.0 Å². The van der Waals surface area contributed by atoms with Gasteiger partial charge in [0.2, 0.25) is 0 Å². The summed E-state index contributed by atoms with van der Waals surface area (Å²) in [5, 5.41) is 9.27. The van der Waals surface area contributed by atoms with E-state index < -0.39 is 29.6 Å². The number of nitrogens with zero attached hydrogens (tertiary/aromatic N) is 2. The molecule has 0 radical (unpaired) electrons. The molecule has 1 N–H and O–H groups in total. The minimum absolute atomic E-state index is 0.0408. The Morgan fingerprint density at radius 1 is 1.19 bits per heavy atom. The Balaban J connectivity index is 2.31. The van der Waals surface area contributed by atoms with E-state index in [1.165, 1.54) is 30.3 Å². The number of carbonyl (C=O) groups is 1. The zero-order valence-electron chi connectivity index (χ0n) is 13.1. The summed E-state index contributed by atoms with van der Waals surface area (Å²) in [5.41, 5.74) is -1.38. The van der Waals surface area contributed by atoms with Crippen LogP contribution in [-0.2, 0) is 17.9 Å². The van der Waals surface area contributed by atoms with Gasteiger partial charge in [-0.1, -0.05) is 39.7 Å². The van der Waals surface area contributed by atoms with Crippen molar-refractivity contribution in [3.63, 3.8) is 0 Å². The molecule has 0 aliphatic carbocycles. The van der Waals surface area contributed by atoms with Gasteiger partial charge in [0.05, 0.1) is 22.5 Å². The third kappa shape index (κ3) is 3.30. The van der Waals surface area contributed by atoms with Crippen LogP contribution in [0.15, 0.2) is 50.5 Å². The fourth-order valence-electron chi connectivity index (χ4n) is 2.68. The number of hydrogen-bond acceptors (Lipinski definition) is 3. The maximum absolute atomic E-state index is 14.1. The molecular formula is C17H11BrClFN2O4. The molecular weight excluding hydrogens is 431 g/mol.